The molecule has 1 aliphatic heterocycles. The second-order valence-corrected chi connectivity index (χ2v) is 8.40. The van der Waals surface area contributed by atoms with Crippen molar-refractivity contribution >= 4 is 39.1 Å². The normalized spacial score (nSPS) is 23.5. The van der Waals surface area contributed by atoms with Crippen molar-refractivity contribution < 1.29 is 17.7 Å². The van der Waals surface area contributed by atoms with Gasteiger partial charge in [-0.2, -0.15) is 12.8 Å². The van der Waals surface area contributed by atoms with Crippen LogP contribution in [0.4, 0.5) is 0 Å². The van der Waals surface area contributed by atoms with E-state index in [1.807, 2.05) is 0 Å². The summed E-state index contributed by atoms with van der Waals surface area (Å²) in [5, 5.41) is 0.532. The molecule has 0 aromatic heterocycles. The fourth-order valence-electron chi connectivity index (χ4n) is 2.57. The lowest BCUT2D eigenvalue weighted by Gasteiger charge is -2.25. The van der Waals surface area contributed by atoms with Gasteiger partial charge in [0.15, 0.2) is 6.54 Å². The van der Waals surface area contributed by atoms with Crippen molar-refractivity contribution in [3.8, 4) is 0 Å². The zero-order valence-electron chi connectivity index (χ0n) is 12.4. The minimum absolute atomic E-state index is 0.00946. The summed E-state index contributed by atoms with van der Waals surface area (Å²) < 4.78 is 27.0. The fourth-order valence-corrected chi connectivity index (χ4v) is 4.32. The first-order chi connectivity index (χ1) is 10.3. The molecule has 22 heavy (non-hydrogen) atoms. The van der Waals surface area contributed by atoms with Gasteiger partial charge in [-0.25, -0.2) is 0 Å². The molecule has 0 unspecified atom stereocenters. The Balaban J connectivity index is 2.12. The summed E-state index contributed by atoms with van der Waals surface area (Å²) in [5.74, 6) is 0.968. The second kappa shape index (κ2) is 7.17. The van der Waals surface area contributed by atoms with Gasteiger partial charge in [-0.05, 0) is 37.0 Å². The number of halogens is 2. The Morgan fingerprint density at radius 3 is 2.36 bits per heavy atom. The van der Waals surface area contributed by atoms with Crippen LogP contribution in [0.5, 0.6) is 0 Å². The van der Waals surface area contributed by atoms with Gasteiger partial charge in [0.2, 0.25) is 0 Å². The predicted molar refractivity (Wildman–Crippen MR) is 87.8 cm³/mol. The average Bonchev–Trinajstić information content (AvgIpc) is 2.39. The molecule has 1 fully saturated rings. The maximum atomic E-state index is 12.3. The number of rotatable bonds is 4. The number of sulfonamides is 1. The molecule has 8 heteroatoms. The Morgan fingerprint density at radius 2 is 1.82 bits per heavy atom. The molecule has 2 rings (SSSR count). The van der Waals surface area contributed by atoms with Gasteiger partial charge in [-0.15, -0.1) is 0 Å². The maximum absolute atomic E-state index is 12.3. The smallest absolute Gasteiger partial charge is 0.325 e. The zero-order valence-corrected chi connectivity index (χ0v) is 14.7. The first kappa shape index (κ1) is 17.5. The summed E-state index contributed by atoms with van der Waals surface area (Å²) in [4.78, 5) is 1.30. The van der Waals surface area contributed by atoms with Crippen LogP contribution in [0.25, 0.3) is 0 Å². The van der Waals surface area contributed by atoms with E-state index < -0.39 is 10.0 Å². The van der Waals surface area contributed by atoms with E-state index in [1.54, 1.807) is 0 Å². The molecule has 0 amide bonds. The summed E-state index contributed by atoms with van der Waals surface area (Å²) in [6, 6.07) is 4.17. The van der Waals surface area contributed by atoms with Crippen LogP contribution in [0.3, 0.4) is 0 Å². The average molecular weight is 366 g/mol. The Labute approximate surface area is 141 Å². The van der Waals surface area contributed by atoms with E-state index in [0.29, 0.717) is 6.54 Å². The van der Waals surface area contributed by atoms with Crippen molar-refractivity contribution in [3.05, 3.63) is 28.2 Å². The number of amidine groups is 1. The van der Waals surface area contributed by atoms with E-state index in [4.69, 9.17) is 28.9 Å². The molecule has 0 bridgehead atoms. The third-order valence-corrected chi connectivity index (χ3v) is 5.66. The molecule has 4 N–H and O–H groups in total. The highest BCUT2D eigenvalue weighted by Gasteiger charge is 2.24. The minimum atomic E-state index is -3.76. The topological polar surface area (TPSA) is 78.6 Å². The molecule has 5 nitrogen and oxygen atoms in total. The van der Waals surface area contributed by atoms with E-state index in [-0.39, 0.29) is 20.8 Å². The molecular formula is C14H21Cl2N3O2S+2. The lowest BCUT2D eigenvalue weighted by atomic mass is 9.99. The molecule has 0 aliphatic carbocycles. The maximum Gasteiger partial charge on any atom is 0.328 e. The predicted octanol–water partition coefficient (Wildman–Crippen LogP) is -0.565. The highest BCUT2D eigenvalue weighted by molar-refractivity contribution is 7.84. The summed E-state index contributed by atoms with van der Waals surface area (Å²) in [7, 11) is -3.76. The summed E-state index contributed by atoms with van der Waals surface area (Å²) in [5.41, 5.74) is 5.88. The van der Waals surface area contributed by atoms with Crippen molar-refractivity contribution in [2.75, 3.05) is 19.6 Å². The van der Waals surface area contributed by atoms with Crippen LogP contribution in [0.2, 0.25) is 10.0 Å². The first-order valence-corrected chi connectivity index (χ1v) is 9.44. The lowest BCUT2D eigenvalue weighted by molar-refractivity contribution is -0.898. The number of hydrogen-bond donors (Lipinski definition) is 3. The second-order valence-electron chi connectivity index (χ2n) is 5.85. The number of nitrogens with one attached hydrogen (secondary N) is 2. The quantitative estimate of drug-likeness (QED) is 0.494. The summed E-state index contributed by atoms with van der Waals surface area (Å²) >= 11 is 11.7. The Bertz CT molecular complexity index is 648. The largest absolute Gasteiger partial charge is 0.328 e. The summed E-state index contributed by atoms with van der Waals surface area (Å²) in [6.45, 7) is 4.73. The molecule has 0 radical (unpaired) electrons. The van der Waals surface area contributed by atoms with Gasteiger partial charge in [-0.1, -0.05) is 30.1 Å². The molecule has 1 saturated heterocycles. The van der Waals surface area contributed by atoms with Crippen molar-refractivity contribution in [1.82, 2.24) is 0 Å². The Morgan fingerprint density at radius 1 is 1.27 bits per heavy atom. The van der Waals surface area contributed by atoms with E-state index >= 15 is 0 Å². The van der Waals surface area contributed by atoms with Crippen molar-refractivity contribution in [3.63, 3.8) is 0 Å². The van der Waals surface area contributed by atoms with Crippen LogP contribution in [0.15, 0.2) is 23.1 Å². The van der Waals surface area contributed by atoms with Crippen molar-refractivity contribution in [2.24, 2.45) is 11.7 Å². The van der Waals surface area contributed by atoms with Gasteiger partial charge < -0.3 is 4.90 Å². The van der Waals surface area contributed by atoms with Crippen molar-refractivity contribution in [2.45, 2.75) is 24.7 Å². The number of nitrogens with two attached hydrogens (primary N) is 1. The fraction of sp³-hybridized carbons (Fsp3) is 0.500. The van der Waals surface area contributed by atoms with Crippen LogP contribution < -0.4 is 15.0 Å². The number of likely N-dealkylation sites (tertiary alicyclic amines) is 1. The van der Waals surface area contributed by atoms with E-state index in [0.717, 1.165) is 31.8 Å². The minimum Gasteiger partial charge on any atom is -0.325 e. The highest BCUT2D eigenvalue weighted by Crippen LogP contribution is 2.20. The molecule has 1 heterocycles. The molecular weight excluding hydrogens is 345 g/mol. The number of hydrogen-bond acceptors (Lipinski definition) is 2. The first-order valence-electron chi connectivity index (χ1n) is 7.20. The van der Waals surface area contributed by atoms with Crippen LogP contribution in [0.1, 0.15) is 19.8 Å². The third-order valence-electron chi connectivity index (χ3n) is 3.83. The van der Waals surface area contributed by atoms with E-state index in [1.165, 1.54) is 23.1 Å². The monoisotopic (exact) mass is 365 g/mol. The number of quaternary nitrogens is 1. The number of piperidine rings is 1. The Hall–Kier alpha value is -0.820. The van der Waals surface area contributed by atoms with Gasteiger partial charge in [0, 0.05) is 10.0 Å². The lowest BCUT2D eigenvalue weighted by Crippen LogP contribution is -3.15. The number of benzene rings is 1. The molecule has 0 spiro atoms. The molecule has 0 atom stereocenters. The molecule has 1 aromatic carbocycles. The van der Waals surface area contributed by atoms with Crippen molar-refractivity contribution in [1.29, 1.82) is 0 Å². The van der Waals surface area contributed by atoms with Gasteiger partial charge >= 0.3 is 15.9 Å². The molecule has 0 saturated carbocycles. The van der Waals surface area contributed by atoms with E-state index in [2.05, 4.69) is 11.3 Å². The molecule has 1 aliphatic rings. The SMILES string of the molecule is CC1CC[NH+](CC(N)=[NH+]S(=O)(=O)c2cc(Cl)cc(Cl)c2)CC1. The van der Waals surface area contributed by atoms with Crippen LogP contribution >= 0.6 is 23.2 Å². The molecule has 1 aromatic rings. The van der Waals surface area contributed by atoms with Gasteiger partial charge in [0.1, 0.15) is 4.90 Å². The van der Waals surface area contributed by atoms with Crippen LogP contribution in [-0.2, 0) is 10.0 Å². The van der Waals surface area contributed by atoms with Gasteiger partial charge in [0.25, 0.3) is 0 Å². The van der Waals surface area contributed by atoms with Gasteiger partial charge in [0.05, 0.1) is 13.1 Å². The standard InChI is InChI=1S/C14H19Cl2N3O2S/c1-10-2-4-19(5-3-10)9-14(17)18-22(20,21)13-7-11(15)6-12(16)8-13/h6-8,10H,2-5,9H2,1H3,(H2,17,18)/p+2. The third kappa shape index (κ3) is 4.84. The van der Waals surface area contributed by atoms with E-state index in [9.17, 15) is 8.42 Å². The van der Waals surface area contributed by atoms with Crippen LogP contribution in [0, 0.1) is 5.92 Å². The van der Waals surface area contributed by atoms with Gasteiger partial charge in [-0.3, -0.25) is 5.73 Å². The molecule has 122 valence electrons. The van der Waals surface area contributed by atoms with Crippen LogP contribution in [-0.4, -0.2) is 33.9 Å². The zero-order chi connectivity index (χ0) is 16.3. The highest BCUT2D eigenvalue weighted by atomic mass is 35.5. The summed E-state index contributed by atoms with van der Waals surface area (Å²) in [6.07, 6.45) is 2.28. The Kier molecular flexibility index (Phi) is 5.71.